The standard InChI is InChI=1S/C17H24N2S/c1-17(2,3)15-9-5-4-8-14(15)16(19-18)11-10-13-7-6-12-20-13/h4-9,12,16,19H,10-11,18H2,1-3H3. The van der Waals surface area contributed by atoms with Gasteiger partial charge in [-0.25, -0.2) is 0 Å². The van der Waals surface area contributed by atoms with Crippen molar-refractivity contribution in [1.82, 2.24) is 5.43 Å². The van der Waals surface area contributed by atoms with Crippen LogP contribution in [0.25, 0.3) is 0 Å². The second kappa shape index (κ2) is 6.53. The number of hydrogen-bond acceptors (Lipinski definition) is 3. The molecule has 3 heteroatoms. The summed E-state index contributed by atoms with van der Waals surface area (Å²) >= 11 is 1.81. The van der Waals surface area contributed by atoms with Gasteiger partial charge in [0.2, 0.25) is 0 Å². The Balaban J connectivity index is 2.19. The van der Waals surface area contributed by atoms with Gasteiger partial charge in [0.15, 0.2) is 0 Å². The van der Waals surface area contributed by atoms with Gasteiger partial charge in [-0.3, -0.25) is 11.3 Å². The van der Waals surface area contributed by atoms with Crippen LogP contribution < -0.4 is 11.3 Å². The highest BCUT2D eigenvalue weighted by Crippen LogP contribution is 2.31. The van der Waals surface area contributed by atoms with Crippen molar-refractivity contribution in [3.8, 4) is 0 Å². The first kappa shape index (κ1) is 15.2. The largest absolute Gasteiger partial charge is 0.271 e. The third-order valence-electron chi connectivity index (χ3n) is 3.60. The maximum Gasteiger partial charge on any atom is 0.0466 e. The molecule has 108 valence electrons. The molecule has 0 aliphatic heterocycles. The summed E-state index contributed by atoms with van der Waals surface area (Å²) in [7, 11) is 0. The maximum absolute atomic E-state index is 5.81. The summed E-state index contributed by atoms with van der Waals surface area (Å²) in [6.45, 7) is 6.75. The van der Waals surface area contributed by atoms with E-state index in [1.54, 1.807) is 0 Å². The van der Waals surface area contributed by atoms with Crippen LogP contribution in [0.5, 0.6) is 0 Å². The van der Waals surface area contributed by atoms with Crippen LogP contribution in [-0.2, 0) is 11.8 Å². The van der Waals surface area contributed by atoms with Crippen LogP contribution in [0, 0.1) is 0 Å². The molecule has 2 rings (SSSR count). The molecule has 1 aromatic heterocycles. The van der Waals surface area contributed by atoms with E-state index in [1.807, 2.05) is 11.3 Å². The monoisotopic (exact) mass is 288 g/mol. The number of nitrogens with two attached hydrogens (primary N) is 1. The van der Waals surface area contributed by atoms with Gasteiger partial charge in [0.05, 0.1) is 0 Å². The lowest BCUT2D eigenvalue weighted by atomic mass is 9.81. The van der Waals surface area contributed by atoms with Crippen molar-refractivity contribution in [3.63, 3.8) is 0 Å². The van der Waals surface area contributed by atoms with Gasteiger partial charge in [-0.2, -0.15) is 0 Å². The van der Waals surface area contributed by atoms with Crippen molar-refractivity contribution in [2.45, 2.75) is 45.1 Å². The highest BCUT2D eigenvalue weighted by molar-refractivity contribution is 7.09. The zero-order valence-electron chi connectivity index (χ0n) is 12.5. The fourth-order valence-corrected chi connectivity index (χ4v) is 3.28. The lowest BCUT2D eigenvalue weighted by Gasteiger charge is -2.27. The Hall–Kier alpha value is -1.16. The van der Waals surface area contributed by atoms with Gasteiger partial charge in [-0.05, 0) is 40.8 Å². The molecule has 2 aromatic rings. The zero-order chi connectivity index (χ0) is 14.6. The van der Waals surface area contributed by atoms with E-state index < -0.39 is 0 Å². The molecule has 0 saturated carbocycles. The van der Waals surface area contributed by atoms with Crippen molar-refractivity contribution < 1.29 is 0 Å². The third kappa shape index (κ3) is 3.69. The van der Waals surface area contributed by atoms with Crippen LogP contribution in [-0.4, -0.2) is 0 Å². The number of hydrogen-bond donors (Lipinski definition) is 2. The third-order valence-corrected chi connectivity index (χ3v) is 4.54. The molecule has 1 aromatic carbocycles. The number of hydrazine groups is 1. The fourth-order valence-electron chi connectivity index (χ4n) is 2.55. The zero-order valence-corrected chi connectivity index (χ0v) is 13.3. The SMILES string of the molecule is CC(C)(C)c1ccccc1C(CCc1cccs1)NN. The highest BCUT2D eigenvalue weighted by Gasteiger charge is 2.21. The Labute approximate surface area is 126 Å². The van der Waals surface area contributed by atoms with E-state index in [1.165, 1.54) is 16.0 Å². The van der Waals surface area contributed by atoms with E-state index in [4.69, 9.17) is 5.84 Å². The Morgan fingerprint density at radius 1 is 1.15 bits per heavy atom. The summed E-state index contributed by atoms with van der Waals surface area (Å²) < 4.78 is 0. The highest BCUT2D eigenvalue weighted by atomic mass is 32.1. The number of nitrogens with one attached hydrogen (secondary N) is 1. The van der Waals surface area contributed by atoms with Crippen LogP contribution >= 0.6 is 11.3 Å². The quantitative estimate of drug-likeness (QED) is 0.640. The molecule has 1 atom stereocenters. The molecule has 0 saturated heterocycles. The summed E-state index contributed by atoms with van der Waals surface area (Å²) in [6, 6.07) is 13.1. The molecule has 0 aliphatic rings. The number of benzene rings is 1. The van der Waals surface area contributed by atoms with Gasteiger partial charge in [-0.1, -0.05) is 51.1 Å². The van der Waals surface area contributed by atoms with E-state index in [9.17, 15) is 0 Å². The lowest BCUT2D eigenvalue weighted by Crippen LogP contribution is -2.30. The molecular formula is C17H24N2S. The molecule has 20 heavy (non-hydrogen) atoms. The summed E-state index contributed by atoms with van der Waals surface area (Å²) in [6.07, 6.45) is 2.08. The molecule has 1 heterocycles. The molecular weight excluding hydrogens is 264 g/mol. The number of thiophene rings is 1. The Morgan fingerprint density at radius 2 is 1.90 bits per heavy atom. The average Bonchev–Trinajstić information content (AvgIpc) is 2.92. The van der Waals surface area contributed by atoms with Crippen molar-refractivity contribution in [2.24, 2.45) is 5.84 Å². The van der Waals surface area contributed by atoms with E-state index in [0.29, 0.717) is 0 Å². The summed E-state index contributed by atoms with van der Waals surface area (Å²) in [5, 5.41) is 2.13. The van der Waals surface area contributed by atoms with Crippen LogP contribution in [0.2, 0.25) is 0 Å². The molecule has 0 bridgehead atoms. The van der Waals surface area contributed by atoms with Gasteiger partial charge in [-0.15, -0.1) is 11.3 Å². The molecule has 1 unspecified atom stereocenters. The number of rotatable bonds is 5. The van der Waals surface area contributed by atoms with E-state index in [2.05, 4.69) is 68.0 Å². The van der Waals surface area contributed by atoms with E-state index >= 15 is 0 Å². The van der Waals surface area contributed by atoms with Gasteiger partial charge in [0, 0.05) is 10.9 Å². The van der Waals surface area contributed by atoms with Crippen LogP contribution in [0.4, 0.5) is 0 Å². The van der Waals surface area contributed by atoms with Gasteiger partial charge < -0.3 is 0 Å². The van der Waals surface area contributed by atoms with Crippen LogP contribution in [0.3, 0.4) is 0 Å². The molecule has 0 aliphatic carbocycles. The first-order valence-electron chi connectivity index (χ1n) is 7.10. The Morgan fingerprint density at radius 3 is 2.50 bits per heavy atom. The van der Waals surface area contributed by atoms with Crippen molar-refractivity contribution in [3.05, 3.63) is 57.8 Å². The topological polar surface area (TPSA) is 38.0 Å². The maximum atomic E-state index is 5.81. The summed E-state index contributed by atoms with van der Waals surface area (Å²) in [5.41, 5.74) is 5.82. The van der Waals surface area contributed by atoms with E-state index in [-0.39, 0.29) is 11.5 Å². The molecule has 0 radical (unpaired) electrons. The molecule has 2 nitrogen and oxygen atoms in total. The summed E-state index contributed by atoms with van der Waals surface area (Å²) in [4.78, 5) is 1.42. The Bertz CT molecular complexity index is 526. The van der Waals surface area contributed by atoms with Crippen LogP contribution in [0.1, 0.15) is 49.2 Å². The number of aryl methyl sites for hydroxylation is 1. The second-order valence-corrected chi connectivity index (χ2v) is 7.21. The first-order valence-corrected chi connectivity index (χ1v) is 7.98. The normalized spacial score (nSPS) is 13.4. The van der Waals surface area contributed by atoms with Gasteiger partial charge in [0.25, 0.3) is 0 Å². The minimum absolute atomic E-state index is 0.134. The minimum Gasteiger partial charge on any atom is -0.271 e. The smallest absolute Gasteiger partial charge is 0.0466 e. The van der Waals surface area contributed by atoms with Gasteiger partial charge in [0.1, 0.15) is 0 Å². The molecule has 0 fully saturated rings. The minimum atomic E-state index is 0.134. The van der Waals surface area contributed by atoms with Crippen molar-refractivity contribution in [1.29, 1.82) is 0 Å². The summed E-state index contributed by atoms with van der Waals surface area (Å²) in [5.74, 6) is 5.81. The predicted octanol–water partition coefficient (Wildman–Crippen LogP) is 4.18. The predicted molar refractivity (Wildman–Crippen MR) is 87.8 cm³/mol. The molecule has 3 N–H and O–H groups in total. The lowest BCUT2D eigenvalue weighted by molar-refractivity contribution is 0.495. The molecule has 0 amide bonds. The van der Waals surface area contributed by atoms with Gasteiger partial charge >= 0.3 is 0 Å². The first-order chi connectivity index (χ1) is 9.52. The van der Waals surface area contributed by atoms with Crippen molar-refractivity contribution in [2.75, 3.05) is 0 Å². The van der Waals surface area contributed by atoms with Crippen LogP contribution in [0.15, 0.2) is 41.8 Å². The Kier molecular flexibility index (Phi) is 4.97. The molecule has 0 spiro atoms. The second-order valence-electron chi connectivity index (χ2n) is 6.17. The average molecular weight is 288 g/mol. The fraction of sp³-hybridized carbons (Fsp3) is 0.412. The van der Waals surface area contributed by atoms with Crippen molar-refractivity contribution >= 4 is 11.3 Å². The van der Waals surface area contributed by atoms with E-state index in [0.717, 1.165) is 12.8 Å².